The van der Waals surface area contributed by atoms with Crippen molar-refractivity contribution >= 4 is 14.2 Å². The van der Waals surface area contributed by atoms with E-state index in [0.29, 0.717) is 12.6 Å². The summed E-state index contributed by atoms with van der Waals surface area (Å²) in [5.41, 5.74) is 0.895. The molecule has 2 rings (SSSR count). The van der Waals surface area contributed by atoms with Gasteiger partial charge in [0.25, 0.3) is 0 Å². The zero-order valence-electron chi connectivity index (χ0n) is 11.9. The van der Waals surface area contributed by atoms with E-state index in [1.54, 1.807) is 0 Å². The van der Waals surface area contributed by atoms with Gasteiger partial charge in [0.1, 0.15) is 8.24 Å². The average Bonchev–Trinajstić information content (AvgIpc) is 2.69. The normalized spacial score (nSPS) is 27.9. The minimum atomic E-state index is -1.13. The van der Waals surface area contributed by atoms with E-state index in [9.17, 15) is 4.79 Å². The second-order valence-corrected chi connectivity index (χ2v) is 10.7. The van der Waals surface area contributed by atoms with Crippen LogP contribution in [0.2, 0.25) is 19.1 Å². The molecule has 1 atom stereocenters. The van der Waals surface area contributed by atoms with E-state index < -0.39 is 8.24 Å². The molecule has 1 unspecified atom stereocenters. The van der Waals surface area contributed by atoms with Crippen LogP contribution in [0, 0.1) is 0 Å². The fourth-order valence-electron chi connectivity index (χ4n) is 3.32. The van der Waals surface area contributed by atoms with Gasteiger partial charge in [-0.25, -0.2) is 4.79 Å². The third-order valence-electron chi connectivity index (χ3n) is 4.33. The predicted molar refractivity (Wildman–Crippen MR) is 76.0 cm³/mol. The minimum absolute atomic E-state index is 0.103. The van der Waals surface area contributed by atoms with Crippen LogP contribution < -0.4 is 0 Å². The van der Waals surface area contributed by atoms with Crippen LogP contribution in [0.15, 0.2) is 11.6 Å². The van der Waals surface area contributed by atoms with Crippen molar-refractivity contribution in [1.29, 1.82) is 0 Å². The van der Waals surface area contributed by atoms with Crippen molar-refractivity contribution < 1.29 is 9.53 Å². The van der Waals surface area contributed by atoms with E-state index in [1.165, 1.54) is 19.0 Å². The first-order valence-corrected chi connectivity index (χ1v) is 10.3. The molecule has 4 heteroatoms. The van der Waals surface area contributed by atoms with Crippen molar-refractivity contribution in [1.82, 2.24) is 4.57 Å². The van der Waals surface area contributed by atoms with Crippen LogP contribution >= 0.6 is 0 Å². The van der Waals surface area contributed by atoms with Crippen LogP contribution in [0.1, 0.15) is 32.6 Å². The fraction of sp³-hybridized carbons (Fsp3) is 0.786. The molecule has 0 bridgehead atoms. The van der Waals surface area contributed by atoms with E-state index >= 15 is 0 Å². The standard InChI is InChI=1S/C14H25NO2Si/c1-4-17-14(16)12-6-8-13(9-7-12)15-10-5-11-18(15,2)3/h6,13H,4-5,7-11H2,1-3H3. The van der Waals surface area contributed by atoms with Crippen molar-refractivity contribution in [2.75, 3.05) is 13.2 Å². The van der Waals surface area contributed by atoms with Crippen LogP contribution in [0.3, 0.4) is 0 Å². The molecule has 2 aliphatic rings. The quantitative estimate of drug-likeness (QED) is 0.581. The van der Waals surface area contributed by atoms with Crippen LogP contribution in [0.25, 0.3) is 0 Å². The first kappa shape index (κ1) is 13.8. The Morgan fingerprint density at radius 1 is 1.56 bits per heavy atom. The molecular weight excluding hydrogens is 242 g/mol. The Bertz CT molecular complexity index is 352. The highest BCUT2D eigenvalue weighted by Gasteiger charge is 2.39. The molecule has 3 nitrogen and oxygen atoms in total. The molecule has 1 fully saturated rings. The molecule has 0 spiro atoms. The molecule has 0 aromatic carbocycles. The molecule has 0 amide bonds. The highest BCUT2D eigenvalue weighted by Crippen LogP contribution is 2.33. The number of carbonyl (C=O) groups excluding carboxylic acids is 1. The maximum absolute atomic E-state index is 11.7. The number of rotatable bonds is 3. The molecule has 0 N–H and O–H groups in total. The molecule has 1 aliphatic heterocycles. The van der Waals surface area contributed by atoms with E-state index in [4.69, 9.17) is 4.74 Å². The van der Waals surface area contributed by atoms with E-state index in [2.05, 4.69) is 23.7 Å². The number of hydrogen-bond acceptors (Lipinski definition) is 3. The lowest BCUT2D eigenvalue weighted by atomic mass is 9.95. The summed E-state index contributed by atoms with van der Waals surface area (Å²) in [6.07, 6.45) is 6.54. The molecule has 102 valence electrons. The number of ether oxygens (including phenoxy) is 1. The Kier molecular flexibility index (Phi) is 4.28. The Balaban J connectivity index is 1.95. The number of esters is 1. The topological polar surface area (TPSA) is 29.5 Å². The van der Waals surface area contributed by atoms with E-state index in [0.717, 1.165) is 24.8 Å². The second-order valence-electron chi connectivity index (χ2n) is 5.99. The molecule has 0 aromatic rings. The van der Waals surface area contributed by atoms with Gasteiger partial charge in [-0.2, -0.15) is 0 Å². The van der Waals surface area contributed by atoms with Gasteiger partial charge in [0.2, 0.25) is 0 Å². The van der Waals surface area contributed by atoms with Crippen LogP contribution in [-0.4, -0.2) is 38.0 Å². The van der Waals surface area contributed by atoms with Crippen LogP contribution in [-0.2, 0) is 9.53 Å². The molecule has 18 heavy (non-hydrogen) atoms. The van der Waals surface area contributed by atoms with Gasteiger partial charge < -0.3 is 9.30 Å². The first-order chi connectivity index (χ1) is 8.54. The summed E-state index contributed by atoms with van der Waals surface area (Å²) >= 11 is 0. The molecule has 0 saturated carbocycles. The zero-order valence-corrected chi connectivity index (χ0v) is 12.9. The first-order valence-electron chi connectivity index (χ1n) is 7.17. The van der Waals surface area contributed by atoms with Gasteiger partial charge in [-0.3, -0.25) is 0 Å². The number of hydrogen-bond donors (Lipinski definition) is 0. The average molecular weight is 267 g/mol. The lowest BCUT2D eigenvalue weighted by molar-refractivity contribution is -0.138. The van der Waals surface area contributed by atoms with Crippen molar-refractivity contribution in [3.8, 4) is 0 Å². The third kappa shape index (κ3) is 2.86. The summed E-state index contributed by atoms with van der Waals surface area (Å²) in [4.78, 5) is 11.7. The van der Waals surface area contributed by atoms with Gasteiger partial charge in [0.15, 0.2) is 0 Å². The third-order valence-corrected chi connectivity index (χ3v) is 8.05. The minimum Gasteiger partial charge on any atom is -0.463 e. The highest BCUT2D eigenvalue weighted by molar-refractivity contribution is 6.75. The summed E-state index contributed by atoms with van der Waals surface area (Å²) in [5, 5.41) is 0. The molecule has 0 radical (unpaired) electrons. The summed E-state index contributed by atoms with van der Waals surface area (Å²) in [6.45, 7) is 8.57. The lowest BCUT2D eigenvalue weighted by Crippen LogP contribution is -2.49. The van der Waals surface area contributed by atoms with Gasteiger partial charge in [0.05, 0.1) is 6.61 Å². The van der Waals surface area contributed by atoms with Gasteiger partial charge in [-0.05, 0) is 45.2 Å². The maximum atomic E-state index is 11.7. The molecule has 0 aromatic heterocycles. The van der Waals surface area contributed by atoms with Crippen LogP contribution in [0.5, 0.6) is 0 Å². The lowest BCUT2D eigenvalue weighted by Gasteiger charge is -2.38. The molecule has 1 saturated heterocycles. The van der Waals surface area contributed by atoms with Crippen molar-refractivity contribution in [2.24, 2.45) is 0 Å². The molecular formula is C14H25NO2Si. The summed E-state index contributed by atoms with van der Waals surface area (Å²) in [5.74, 6) is -0.103. The predicted octanol–water partition coefficient (Wildman–Crippen LogP) is 2.94. The van der Waals surface area contributed by atoms with Gasteiger partial charge in [-0.1, -0.05) is 19.2 Å². The second kappa shape index (κ2) is 5.57. The van der Waals surface area contributed by atoms with Gasteiger partial charge >= 0.3 is 5.97 Å². The summed E-state index contributed by atoms with van der Waals surface area (Å²) < 4.78 is 7.84. The summed E-state index contributed by atoms with van der Waals surface area (Å²) in [6, 6.07) is 2.10. The van der Waals surface area contributed by atoms with Crippen molar-refractivity contribution in [3.63, 3.8) is 0 Å². The zero-order chi connectivity index (χ0) is 13.2. The Morgan fingerprint density at radius 2 is 2.33 bits per heavy atom. The van der Waals surface area contributed by atoms with Gasteiger partial charge in [-0.15, -0.1) is 0 Å². The van der Waals surface area contributed by atoms with E-state index in [1.807, 2.05) is 6.92 Å². The maximum Gasteiger partial charge on any atom is 0.333 e. The van der Waals surface area contributed by atoms with Crippen LogP contribution in [0.4, 0.5) is 0 Å². The SMILES string of the molecule is CCOC(=O)C1=CCC(N2CCC[Si]2(C)C)CC1. The molecule has 1 aliphatic carbocycles. The fourth-order valence-corrected chi connectivity index (χ4v) is 6.61. The Hall–Kier alpha value is -0.613. The monoisotopic (exact) mass is 267 g/mol. The van der Waals surface area contributed by atoms with E-state index in [-0.39, 0.29) is 5.97 Å². The highest BCUT2D eigenvalue weighted by atomic mass is 28.3. The molecule has 1 heterocycles. The Morgan fingerprint density at radius 3 is 2.83 bits per heavy atom. The van der Waals surface area contributed by atoms with Crippen molar-refractivity contribution in [2.45, 2.75) is 57.8 Å². The van der Waals surface area contributed by atoms with Crippen molar-refractivity contribution in [3.05, 3.63) is 11.6 Å². The smallest absolute Gasteiger partial charge is 0.333 e. The largest absolute Gasteiger partial charge is 0.463 e. The number of carbonyl (C=O) groups is 1. The summed E-state index contributed by atoms with van der Waals surface area (Å²) in [7, 11) is -1.13. The Labute approximate surface area is 111 Å². The van der Waals surface area contributed by atoms with Gasteiger partial charge in [0, 0.05) is 11.6 Å². The number of nitrogens with zero attached hydrogens (tertiary/aromatic N) is 1.